The highest BCUT2D eigenvalue weighted by atomic mass is 32.2. The minimum absolute atomic E-state index is 0.000134. The molecule has 43 heteroatoms. The molecule has 2 fully saturated rings. The van der Waals surface area contributed by atoms with Crippen LogP contribution >= 0.6 is 11.8 Å². The molecular formula is C86H120N24O18S. The van der Waals surface area contributed by atoms with Crippen LogP contribution in [0.3, 0.4) is 0 Å². The van der Waals surface area contributed by atoms with Crippen molar-refractivity contribution in [1.82, 2.24) is 103 Å². The molecule has 2 aliphatic heterocycles. The highest BCUT2D eigenvalue weighted by Gasteiger charge is 2.44. The molecule has 5 heterocycles. The number of nitrogens with two attached hydrogens (primary N) is 3. The summed E-state index contributed by atoms with van der Waals surface area (Å²) >= 11 is 0.790. The van der Waals surface area contributed by atoms with Crippen LogP contribution in [0.25, 0.3) is 21.8 Å². The third-order valence-electron chi connectivity index (χ3n) is 22.5. The molecule has 0 saturated carbocycles. The highest BCUT2D eigenvalue weighted by molar-refractivity contribution is 8.00. The molecule has 17 amide bonds. The quantitative estimate of drug-likeness (QED) is 0.0170. The van der Waals surface area contributed by atoms with Gasteiger partial charge in [0, 0.05) is 119 Å². The molecule has 0 aliphatic carbocycles. The lowest BCUT2D eigenvalue weighted by atomic mass is 10.0. The Balaban J connectivity index is 1.16. The van der Waals surface area contributed by atoms with Gasteiger partial charge in [0.05, 0.1) is 38.2 Å². The minimum atomic E-state index is -1.85. The number of nitrogens with zero attached hydrogens (tertiary/aromatic N) is 6. The number of para-hydroxylation sites is 2. The number of guanidine groups is 1. The van der Waals surface area contributed by atoms with Gasteiger partial charge >= 0.3 is 0 Å². The molecule has 3 aromatic carbocycles. The first-order valence-electron chi connectivity index (χ1n) is 42.7. The first-order chi connectivity index (χ1) is 61.4. The van der Waals surface area contributed by atoms with E-state index in [2.05, 4.69) is 78.4 Å². The Labute approximate surface area is 749 Å². The smallest absolute Gasteiger partial charge is 0.246 e. The van der Waals surface area contributed by atoms with Crippen LogP contribution in [0.1, 0.15) is 115 Å². The zero-order chi connectivity index (χ0) is 94.5. The molecule has 2 saturated heterocycles. The lowest BCUT2D eigenvalue weighted by molar-refractivity contribution is -0.148. The van der Waals surface area contributed by atoms with E-state index in [0.29, 0.717) is 57.0 Å². The summed E-state index contributed by atoms with van der Waals surface area (Å²) in [6.07, 6.45) is 5.09. The molecule has 6 aromatic rings. The number of rotatable bonds is 23. The summed E-state index contributed by atoms with van der Waals surface area (Å²) in [4.78, 5) is 265. The van der Waals surface area contributed by atoms with Crippen LogP contribution in [-0.2, 0) is 107 Å². The monoisotopic (exact) mass is 1810 g/mol. The van der Waals surface area contributed by atoms with Crippen LogP contribution in [-0.4, -0.2) is 307 Å². The molecule has 698 valence electrons. The third-order valence-corrected chi connectivity index (χ3v) is 23.5. The number of imidazole rings is 1. The lowest BCUT2D eigenvalue weighted by Gasteiger charge is -2.35. The third kappa shape index (κ3) is 29.0. The van der Waals surface area contributed by atoms with Gasteiger partial charge in [0.2, 0.25) is 100 Å². The standard InChI is InChI=1S/C86H120N24O18S/c1-10-11-28-67-79(122)99-58(27-19-30-92-86(89)90)75(118)105-66(74(117)95-41-70(88)113)44-129-45-72(115)98-62(33-50-21-13-12-14-22-50)83(126)107(7)48(4)73(116)101-64(37-69(87)112)85(128)110-31-20-29-68(110)80(123)100-60(36-53-40-91-46-96-53)77(120)102-61(32-47(2)3)82(125)106(6)42-71(114)97-59(34-51-38-93-56-25-17-15-23-54(51)56)76(119)104-65(43-111)78(121)103-63(84(127)108(8)49(5)81(124)109(67)9)35-52-39-94-57-26-18-16-24-55(52)57/h12-18,21-26,38-40,46-49,58-68,93-94,111H,10-11,19-20,27-37,41-45H2,1-9H3,(H2,87,112)(H2,88,113)(H,91,96)(H,95,117)(H,97,114)(H,98,115)(H,99,122)(H,100,123)(H,101,116)(H,102,120)(H,103,121)(H,104,119)(H,105,118)(H4,89,90,92)/t48-,49-,58-,59-,60-,61-,62-,63-,64-,65-,66-,67-,68?/m0/s1. The van der Waals surface area contributed by atoms with Crippen molar-refractivity contribution in [2.75, 3.05) is 72.5 Å². The second-order valence-corrected chi connectivity index (χ2v) is 33.7. The van der Waals surface area contributed by atoms with Crippen LogP contribution in [0.2, 0.25) is 0 Å². The van der Waals surface area contributed by atoms with Gasteiger partial charge in [0.1, 0.15) is 78.5 Å². The van der Waals surface area contributed by atoms with Crippen molar-refractivity contribution in [3.05, 3.63) is 126 Å². The van der Waals surface area contributed by atoms with Crippen molar-refractivity contribution >= 4 is 140 Å². The Morgan fingerprint density at radius 2 is 1.10 bits per heavy atom. The number of primary amides is 2. The van der Waals surface area contributed by atoms with Gasteiger partial charge in [-0.15, -0.1) is 11.8 Å². The number of aromatic nitrogens is 4. The van der Waals surface area contributed by atoms with Gasteiger partial charge < -0.3 is 120 Å². The molecule has 0 radical (unpaired) electrons. The van der Waals surface area contributed by atoms with Crippen molar-refractivity contribution in [1.29, 1.82) is 5.41 Å². The summed E-state index contributed by atoms with van der Waals surface area (Å²) in [5, 5.41) is 49.0. The molecule has 22 N–H and O–H groups in total. The number of carbonyl (C=O) groups is 17. The Bertz CT molecular complexity index is 4990. The zero-order valence-corrected chi connectivity index (χ0v) is 74.6. The molecule has 13 atom stereocenters. The summed E-state index contributed by atoms with van der Waals surface area (Å²) in [6, 6.07) is 2.75. The number of unbranched alkanes of at least 4 members (excludes halogenated alkanes) is 1. The van der Waals surface area contributed by atoms with Gasteiger partial charge in [0.25, 0.3) is 0 Å². The zero-order valence-electron chi connectivity index (χ0n) is 73.8. The second-order valence-electron chi connectivity index (χ2n) is 32.7. The summed E-state index contributed by atoms with van der Waals surface area (Å²) in [7, 11) is 5.13. The van der Waals surface area contributed by atoms with Crippen LogP contribution in [0, 0.1) is 11.3 Å². The normalized spacial score (nSPS) is 23.8. The predicted octanol–water partition coefficient (Wildman–Crippen LogP) is -3.31. The first kappa shape index (κ1) is 101. The fourth-order valence-electron chi connectivity index (χ4n) is 15.2. The van der Waals surface area contributed by atoms with Crippen molar-refractivity contribution < 1.29 is 86.6 Å². The topological polar surface area (TPSA) is 621 Å². The summed E-state index contributed by atoms with van der Waals surface area (Å²) < 4.78 is 0. The number of amides is 17. The van der Waals surface area contributed by atoms with Crippen LogP contribution < -0.4 is 75.7 Å². The molecule has 0 spiro atoms. The van der Waals surface area contributed by atoms with E-state index < -0.39 is 223 Å². The van der Waals surface area contributed by atoms with E-state index >= 15 is 14.4 Å². The van der Waals surface area contributed by atoms with E-state index in [9.17, 15) is 72.2 Å². The number of hydrogen-bond donors (Lipinski definition) is 19. The number of thioether (sulfide) groups is 1. The number of likely N-dealkylation sites (N-methyl/N-ethyl adjacent to an activating group) is 4. The number of fused-ring (bicyclic) bond motifs is 3. The molecule has 8 rings (SSSR count). The van der Waals surface area contributed by atoms with E-state index in [4.69, 9.17) is 22.6 Å². The fourth-order valence-corrected chi connectivity index (χ4v) is 16.0. The van der Waals surface area contributed by atoms with E-state index in [-0.39, 0.29) is 83.2 Å². The molecular weight excluding hydrogens is 1690 g/mol. The number of carbonyl (C=O) groups excluding carboxylic acids is 17. The number of hydrogen-bond acceptors (Lipinski definition) is 21. The van der Waals surface area contributed by atoms with Crippen molar-refractivity contribution in [3.8, 4) is 0 Å². The van der Waals surface area contributed by atoms with Gasteiger partial charge in [-0.3, -0.25) is 86.9 Å². The Hall–Kier alpha value is -13.5. The lowest BCUT2D eigenvalue weighted by Crippen LogP contribution is -2.61. The summed E-state index contributed by atoms with van der Waals surface area (Å²) in [5.74, 6) is -17.3. The molecule has 129 heavy (non-hydrogen) atoms. The Morgan fingerprint density at radius 3 is 1.70 bits per heavy atom. The average molecular weight is 1810 g/mol. The van der Waals surface area contributed by atoms with Crippen molar-refractivity contribution in [3.63, 3.8) is 0 Å². The number of H-pyrrole nitrogens is 3. The number of aliphatic hydroxyl groups is 1. The van der Waals surface area contributed by atoms with Gasteiger partial charge in [-0.05, 0) is 87.1 Å². The highest BCUT2D eigenvalue weighted by Crippen LogP contribution is 2.25. The maximum atomic E-state index is 15.3. The molecule has 0 bridgehead atoms. The van der Waals surface area contributed by atoms with E-state index in [0.717, 1.165) is 36.3 Å². The second kappa shape index (κ2) is 48.5. The molecule has 2 aliphatic rings. The molecule has 3 aromatic heterocycles. The largest absolute Gasteiger partial charge is 0.394 e. The van der Waals surface area contributed by atoms with E-state index in [1.54, 1.807) is 105 Å². The average Bonchev–Trinajstić information content (AvgIpc) is 1.75. The van der Waals surface area contributed by atoms with Crippen molar-refractivity contribution in [2.24, 2.45) is 23.1 Å². The van der Waals surface area contributed by atoms with Crippen molar-refractivity contribution in [2.45, 2.75) is 197 Å². The first-order valence-corrected chi connectivity index (χ1v) is 43.8. The summed E-state index contributed by atoms with van der Waals surface area (Å²) in [5.41, 5.74) is 19.9. The number of aliphatic hydroxyl groups excluding tert-OH is 1. The predicted molar refractivity (Wildman–Crippen MR) is 476 cm³/mol. The van der Waals surface area contributed by atoms with Gasteiger partial charge in [0.15, 0.2) is 5.96 Å². The summed E-state index contributed by atoms with van der Waals surface area (Å²) in [6.45, 7) is 5.42. The number of aromatic amines is 3. The van der Waals surface area contributed by atoms with E-state index in [1.807, 2.05) is 6.92 Å². The maximum Gasteiger partial charge on any atom is 0.246 e. The van der Waals surface area contributed by atoms with Crippen LogP contribution in [0.5, 0.6) is 0 Å². The SMILES string of the molecule is CCCC[C@H]1C(=O)N[C@@H](CCCNC(=N)N)C(=O)N[C@H](C(=O)NCC(N)=O)CSCC(=O)N[C@@H](Cc2ccccc2)C(=O)N(C)[C@@H](C)C(=O)N[C@@H](CC(N)=O)C(=O)N2CCCC2C(=O)N[C@@H](Cc2cnc[nH]2)C(=O)N[C@@H](CC(C)C)C(=O)N(C)CC(=O)N[C@@H](Cc2c[nH]c3ccccc23)C(=O)N[C@@H](CO)C(=O)N[C@@H](Cc2c[nH]c3ccccc23)C(=O)N(C)[C@@H](C)C(=O)N1C. The molecule has 42 nitrogen and oxygen atoms in total. The number of nitrogens with one attached hydrogen (secondary N) is 15. The fraction of sp³-hybridized carbons (Fsp3) is 0.500. The maximum absolute atomic E-state index is 15.3. The van der Waals surface area contributed by atoms with Crippen LogP contribution in [0.15, 0.2) is 104 Å². The Kier molecular flexibility index (Phi) is 37.9. The Morgan fingerprint density at radius 1 is 0.550 bits per heavy atom. The number of benzene rings is 3. The van der Waals surface area contributed by atoms with Gasteiger partial charge in [-0.1, -0.05) is 100 Å². The van der Waals surface area contributed by atoms with Gasteiger partial charge in [-0.2, -0.15) is 0 Å². The van der Waals surface area contributed by atoms with Crippen LogP contribution in [0.4, 0.5) is 0 Å². The van der Waals surface area contributed by atoms with E-state index in [1.165, 1.54) is 54.6 Å². The molecule has 1 unspecified atom stereocenters. The van der Waals surface area contributed by atoms with Gasteiger partial charge in [-0.25, -0.2) is 4.98 Å². The minimum Gasteiger partial charge on any atom is -0.394 e.